The number of hydrogen-bond donors (Lipinski definition) is 1. The number of pyridine rings is 1. The van der Waals surface area contributed by atoms with E-state index in [2.05, 4.69) is 15.5 Å². The second-order valence-corrected chi connectivity index (χ2v) is 7.07. The Kier molecular flexibility index (Phi) is 5.06. The summed E-state index contributed by atoms with van der Waals surface area (Å²) in [6.07, 6.45) is -1.90. The van der Waals surface area contributed by atoms with Crippen molar-refractivity contribution in [2.24, 2.45) is 11.8 Å². The lowest BCUT2D eigenvalue weighted by Gasteiger charge is -2.32. The molecule has 1 aliphatic heterocycles. The average molecular weight is 369 g/mol. The molecule has 1 amide bonds. The normalized spacial score (nSPS) is 18.5. The second-order valence-electron chi connectivity index (χ2n) is 7.07. The number of nitrogens with zero attached hydrogens (tertiary/aromatic N) is 4. The van der Waals surface area contributed by atoms with Crippen molar-refractivity contribution in [1.82, 2.24) is 19.9 Å². The highest BCUT2D eigenvalue weighted by molar-refractivity contribution is 5.79. The largest absolute Gasteiger partial charge is 0.417 e. The first kappa shape index (κ1) is 18.5. The highest BCUT2D eigenvalue weighted by atomic mass is 19.4. The predicted molar refractivity (Wildman–Crippen MR) is 90.8 cm³/mol. The second kappa shape index (κ2) is 7.13. The Morgan fingerprint density at radius 3 is 2.81 bits per heavy atom. The van der Waals surface area contributed by atoms with Crippen molar-refractivity contribution >= 4 is 17.5 Å². The molecule has 6 nitrogen and oxygen atoms in total. The molecule has 142 valence electrons. The summed E-state index contributed by atoms with van der Waals surface area (Å²) >= 11 is 0. The van der Waals surface area contributed by atoms with Crippen molar-refractivity contribution in [3.63, 3.8) is 0 Å². The van der Waals surface area contributed by atoms with Crippen LogP contribution in [0.15, 0.2) is 18.3 Å². The molecule has 1 fully saturated rings. The zero-order valence-electron chi connectivity index (χ0n) is 14.8. The number of piperidine rings is 1. The van der Waals surface area contributed by atoms with Gasteiger partial charge in [0.05, 0.1) is 11.5 Å². The van der Waals surface area contributed by atoms with E-state index in [0.29, 0.717) is 37.1 Å². The maximum atomic E-state index is 13.0. The molecule has 1 atom stereocenters. The minimum Gasteiger partial charge on any atom is -0.356 e. The van der Waals surface area contributed by atoms with Crippen LogP contribution in [-0.4, -0.2) is 40.1 Å². The van der Waals surface area contributed by atoms with Gasteiger partial charge in [-0.15, -0.1) is 10.2 Å². The molecule has 0 aromatic carbocycles. The summed E-state index contributed by atoms with van der Waals surface area (Å²) in [5.74, 6) is 0.473. The van der Waals surface area contributed by atoms with Crippen LogP contribution in [0.25, 0.3) is 5.65 Å². The summed E-state index contributed by atoms with van der Waals surface area (Å²) in [5, 5.41) is 10.9. The van der Waals surface area contributed by atoms with E-state index in [4.69, 9.17) is 0 Å². The van der Waals surface area contributed by atoms with Crippen LogP contribution >= 0.6 is 0 Å². The number of rotatable bonds is 4. The Hall–Kier alpha value is -2.32. The number of alkyl halides is 3. The SMILES string of the molecule is CC(C)CNC(=O)[C@@H]1CCCN(c2nnc3ccc(C(F)(F)F)cn23)C1. The standard InChI is InChI=1S/C17H22F3N5O/c1-11(2)8-21-15(26)12-4-3-7-24(9-12)16-23-22-14-6-5-13(10-25(14)16)17(18,19)20/h5-6,10-12H,3-4,7-9H2,1-2H3,(H,21,26)/t12-/m1/s1. The van der Waals surface area contributed by atoms with Gasteiger partial charge in [-0.2, -0.15) is 13.2 Å². The number of carbonyl (C=O) groups excluding carboxylic acids is 1. The lowest BCUT2D eigenvalue weighted by molar-refractivity contribution is -0.137. The van der Waals surface area contributed by atoms with Crippen molar-refractivity contribution in [2.45, 2.75) is 32.9 Å². The fourth-order valence-corrected chi connectivity index (χ4v) is 3.08. The van der Waals surface area contributed by atoms with Crippen LogP contribution in [0.4, 0.5) is 19.1 Å². The van der Waals surface area contributed by atoms with Crippen molar-refractivity contribution < 1.29 is 18.0 Å². The maximum absolute atomic E-state index is 13.0. The fourth-order valence-electron chi connectivity index (χ4n) is 3.08. The molecule has 0 bridgehead atoms. The van der Waals surface area contributed by atoms with Gasteiger partial charge >= 0.3 is 6.18 Å². The molecular weight excluding hydrogens is 347 g/mol. The molecule has 26 heavy (non-hydrogen) atoms. The Morgan fingerprint density at radius 2 is 2.12 bits per heavy atom. The van der Waals surface area contributed by atoms with Crippen LogP contribution in [0.3, 0.4) is 0 Å². The summed E-state index contributed by atoms with van der Waals surface area (Å²) in [7, 11) is 0. The van der Waals surface area contributed by atoms with Crippen LogP contribution < -0.4 is 10.2 Å². The highest BCUT2D eigenvalue weighted by Gasteiger charge is 2.32. The first-order valence-electron chi connectivity index (χ1n) is 8.70. The third-order valence-electron chi connectivity index (χ3n) is 4.47. The molecule has 0 saturated carbocycles. The molecule has 0 radical (unpaired) electrons. The summed E-state index contributed by atoms with van der Waals surface area (Å²) < 4.78 is 40.3. The van der Waals surface area contributed by atoms with Gasteiger partial charge in [0.2, 0.25) is 11.9 Å². The van der Waals surface area contributed by atoms with E-state index < -0.39 is 11.7 Å². The lowest BCUT2D eigenvalue weighted by Crippen LogP contribution is -2.44. The fraction of sp³-hybridized carbons (Fsp3) is 0.588. The topological polar surface area (TPSA) is 62.5 Å². The summed E-state index contributed by atoms with van der Waals surface area (Å²) in [4.78, 5) is 14.2. The van der Waals surface area contributed by atoms with Gasteiger partial charge < -0.3 is 10.2 Å². The van der Waals surface area contributed by atoms with Gasteiger partial charge in [0.15, 0.2) is 5.65 Å². The van der Waals surface area contributed by atoms with E-state index in [1.165, 1.54) is 10.5 Å². The van der Waals surface area contributed by atoms with Gasteiger partial charge in [0, 0.05) is 25.8 Å². The zero-order chi connectivity index (χ0) is 18.9. The van der Waals surface area contributed by atoms with Crippen molar-refractivity contribution in [1.29, 1.82) is 0 Å². The number of hydrogen-bond acceptors (Lipinski definition) is 4. The molecule has 9 heteroatoms. The van der Waals surface area contributed by atoms with Crippen LogP contribution in [0.1, 0.15) is 32.3 Å². The van der Waals surface area contributed by atoms with E-state index in [1.807, 2.05) is 18.7 Å². The van der Waals surface area contributed by atoms with E-state index in [0.717, 1.165) is 25.1 Å². The highest BCUT2D eigenvalue weighted by Crippen LogP contribution is 2.30. The molecule has 2 aromatic rings. The molecule has 1 saturated heterocycles. The molecular formula is C17H22F3N5O. The number of carbonyl (C=O) groups is 1. The number of amides is 1. The third-order valence-corrected chi connectivity index (χ3v) is 4.47. The van der Waals surface area contributed by atoms with Crippen LogP contribution in [0.2, 0.25) is 0 Å². The van der Waals surface area contributed by atoms with E-state index in [-0.39, 0.29) is 11.8 Å². The first-order chi connectivity index (χ1) is 12.3. The molecule has 2 aromatic heterocycles. The molecule has 1 aliphatic rings. The number of halogens is 3. The van der Waals surface area contributed by atoms with Crippen LogP contribution in [-0.2, 0) is 11.0 Å². The lowest BCUT2D eigenvalue weighted by atomic mass is 9.97. The minimum atomic E-state index is -4.43. The first-order valence-corrected chi connectivity index (χ1v) is 8.70. The Morgan fingerprint density at radius 1 is 1.35 bits per heavy atom. The molecule has 0 aliphatic carbocycles. The summed E-state index contributed by atoms with van der Waals surface area (Å²) in [5.41, 5.74) is -0.409. The molecule has 0 unspecified atom stereocenters. The Balaban J connectivity index is 1.81. The van der Waals surface area contributed by atoms with E-state index in [9.17, 15) is 18.0 Å². The van der Waals surface area contributed by atoms with Gasteiger partial charge in [-0.3, -0.25) is 9.20 Å². The third kappa shape index (κ3) is 3.91. The van der Waals surface area contributed by atoms with Crippen molar-refractivity contribution in [3.05, 3.63) is 23.9 Å². The van der Waals surface area contributed by atoms with Gasteiger partial charge in [-0.05, 0) is 30.9 Å². The summed E-state index contributed by atoms with van der Waals surface area (Å²) in [6, 6.07) is 2.29. The Labute approximate surface area is 149 Å². The maximum Gasteiger partial charge on any atom is 0.417 e. The number of fused-ring (bicyclic) bond motifs is 1. The van der Waals surface area contributed by atoms with Crippen LogP contribution in [0.5, 0.6) is 0 Å². The predicted octanol–water partition coefficient (Wildman–Crippen LogP) is 2.74. The van der Waals surface area contributed by atoms with Crippen molar-refractivity contribution in [2.75, 3.05) is 24.5 Å². The number of aromatic nitrogens is 3. The molecule has 0 spiro atoms. The monoisotopic (exact) mass is 369 g/mol. The van der Waals surface area contributed by atoms with Gasteiger partial charge in [-0.1, -0.05) is 13.8 Å². The molecule has 1 N–H and O–H groups in total. The Bertz CT molecular complexity index is 786. The van der Waals surface area contributed by atoms with E-state index >= 15 is 0 Å². The van der Waals surface area contributed by atoms with Gasteiger partial charge in [0.1, 0.15) is 0 Å². The summed E-state index contributed by atoms with van der Waals surface area (Å²) in [6.45, 7) is 5.70. The van der Waals surface area contributed by atoms with Gasteiger partial charge in [-0.25, -0.2) is 0 Å². The van der Waals surface area contributed by atoms with Crippen molar-refractivity contribution in [3.8, 4) is 0 Å². The number of anilines is 1. The number of nitrogens with one attached hydrogen (secondary N) is 1. The van der Waals surface area contributed by atoms with Gasteiger partial charge in [0.25, 0.3) is 0 Å². The minimum absolute atomic E-state index is 0.0202. The molecule has 3 heterocycles. The smallest absolute Gasteiger partial charge is 0.356 e. The average Bonchev–Trinajstić information content (AvgIpc) is 3.02. The molecule has 3 rings (SSSR count). The quantitative estimate of drug-likeness (QED) is 0.900. The van der Waals surface area contributed by atoms with E-state index in [1.54, 1.807) is 0 Å². The van der Waals surface area contributed by atoms with Crippen LogP contribution in [0, 0.1) is 11.8 Å². The zero-order valence-corrected chi connectivity index (χ0v) is 14.8.